The summed E-state index contributed by atoms with van der Waals surface area (Å²) in [6, 6.07) is 6.85. The molecule has 0 fully saturated rings. The van der Waals surface area contributed by atoms with Gasteiger partial charge < -0.3 is 16.2 Å². The number of amides is 2. The summed E-state index contributed by atoms with van der Waals surface area (Å²) in [6.45, 7) is 1.91. The van der Waals surface area contributed by atoms with E-state index in [-0.39, 0.29) is 12.6 Å². The third-order valence-corrected chi connectivity index (χ3v) is 2.21. The summed E-state index contributed by atoms with van der Waals surface area (Å²) in [5.74, 6) is 5.79. The summed E-state index contributed by atoms with van der Waals surface area (Å²) in [6.07, 6.45) is 0.458. The summed E-state index contributed by atoms with van der Waals surface area (Å²) >= 11 is 0. The first-order chi connectivity index (χ1) is 8.13. The van der Waals surface area contributed by atoms with Crippen LogP contribution in [-0.4, -0.2) is 17.7 Å². The predicted molar refractivity (Wildman–Crippen MR) is 66.2 cm³/mol. The van der Waals surface area contributed by atoms with Crippen molar-refractivity contribution in [2.45, 2.75) is 19.4 Å². The lowest BCUT2D eigenvalue weighted by Gasteiger charge is -2.12. The summed E-state index contributed by atoms with van der Waals surface area (Å²) < 4.78 is 0. The zero-order chi connectivity index (χ0) is 12.7. The minimum Gasteiger partial charge on any atom is -0.395 e. The Labute approximate surface area is 101 Å². The molecule has 90 valence electrons. The molecule has 0 spiro atoms. The van der Waals surface area contributed by atoms with E-state index in [4.69, 9.17) is 10.8 Å². The SMILES string of the molecule is CC(NC(N)=O)c1cccc(C#CCCO)c1. The lowest BCUT2D eigenvalue weighted by Crippen LogP contribution is -2.31. The highest BCUT2D eigenvalue weighted by molar-refractivity contribution is 5.72. The maximum absolute atomic E-state index is 10.7. The van der Waals surface area contributed by atoms with Crippen molar-refractivity contribution in [2.24, 2.45) is 5.73 Å². The molecular formula is C13H16N2O2. The Morgan fingerprint density at radius 1 is 1.59 bits per heavy atom. The van der Waals surface area contributed by atoms with Crippen molar-refractivity contribution < 1.29 is 9.90 Å². The standard InChI is InChI=1S/C13H16N2O2/c1-10(15-13(14)17)12-7-4-6-11(9-12)5-2-3-8-16/h4,6-7,9-10,16H,3,8H2,1H3,(H3,14,15,17). The van der Waals surface area contributed by atoms with Crippen LogP contribution in [0, 0.1) is 11.8 Å². The fraction of sp³-hybridized carbons (Fsp3) is 0.308. The van der Waals surface area contributed by atoms with Crippen molar-refractivity contribution >= 4 is 6.03 Å². The van der Waals surface area contributed by atoms with Crippen LogP contribution >= 0.6 is 0 Å². The number of aliphatic hydroxyl groups excluding tert-OH is 1. The highest BCUT2D eigenvalue weighted by Gasteiger charge is 2.06. The smallest absolute Gasteiger partial charge is 0.312 e. The van der Waals surface area contributed by atoms with Crippen LogP contribution in [0.15, 0.2) is 24.3 Å². The summed E-state index contributed by atoms with van der Waals surface area (Å²) in [4.78, 5) is 10.7. The first-order valence-electron chi connectivity index (χ1n) is 5.39. The Hall–Kier alpha value is -1.99. The number of primary amides is 1. The number of rotatable bonds is 3. The van der Waals surface area contributed by atoms with Gasteiger partial charge in [-0.2, -0.15) is 0 Å². The number of nitrogens with one attached hydrogen (secondary N) is 1. The summed E-state index contributed by atoms with van der Waals surface area (Å²) in [7, 11) is 0. The molecule has 1 aromatic rings. The lowest BCUT2D eigenvalue weighted by molar-refractivity contribution is 0.246. The van der Waals surface area contributed by atoms with Gasteiger partial charge in [0, 0.05) is 12.0 Å². The van der Waals surface area contributed by atoms with Crippen LogP contribution in [0.1, 0.15) is 30.5 Å². The van der Waals surface area contributed by atoms with E-state index in [0.29, 0.717) is 6.42 Å². The van der Waals surface area contributed by atoms with Crippen molar-refractivity contribution in [3.63, 3.8) is 0 Å². The quantitative estimate of drug-likeness (QED) is 0.684. The molecule has 4 heteroatoms. The number of carbonyl (C=O) groups is 1. The second kappa shape index (κ2) is 6.56. The van der Waals surface area contributed by atoms with Crippen LogP contribution in [0.4, 0.5) is 4.79 Å². The van der Waals surface area contributed by atoms with Crippen LogP contribution in [0.3, 0.4) is 0 Å². The van der Waals surface area contributed by atoms with Gasteiger partial charge in [-0.25, -0.2) is 4.79 Å². The molecule has 0 saturated heterocycles. The highest BCUT2D eigenvalue weighted by atomic mass is 16.2. The van der Waals surface area contributed by atoms with Gasteiger partial charge in [-0.15, -0.1) is 0 Å². The van der Waals surface area contributed by atoms with Gasteiger partial charge in [-0.05, 0) is 24.6 Å². The Balaban J connectivity index is 2.79. The monoisotopic (exact) mass is 232 g/mol. The fourth-order valence-electron chi connectivity index (χ4n) is 1.40. The van der Waals surface area contributed by atoms with Gasteiger partial charge in [-0.1, -0.05) is 24.0 Å². The van der Waals surface area contributed by atoms with E-state index in [1.165, 1.54) is 0 Å². The largest absolute Gasteiger partial charge is 0.395 e. The average molecular weight is 232 g/mol. The van der Waals surface area contributed by atoms with E-state index >= 15 is 0 Å². The first kappa shape index (κ1) is 13.1. The van der Waals surface area contributed by atoms with E-state index in [1.807, 2.05) is 31.2 Å². The molecule has 1 aromatic carbocycles. The molecule has 0 bridgehead atoms. The fourth-order valence-corrected chi connectivity index (χ4v) is 1.40. The van der Waals surface area contributed by atoms with E-state index < -0.39 is 6.03 Å². The normalized spacial score (nSPS) is 11.2. The predicted octanol–water partition coefficient (Wildman–Crippen LogP) is 1.15. The number of carbonyl (C=O) groups excluding carboxylic acids is 1. The van der Waals surface area contributed by atoms with E-state index in [2.05, 4.69) is 17.2 Å². The molecular weight excluding hydrogens is 216 g/mol. The Kier molecular flexibility index (Phi) is 5.05. The number of hydrogen-bond acceptors (Lipinski definition) is 2. The van der Waals surface area contributed by atoms with Gasteiger partial charge in [-0.3, -0.25) is 0 Å². The van der Waals surface area contributed by atoms with Crippen molar-refractivity contribution in [3.05, 3.63) is 35.4 Å². The molecule has 0 heterocycles. The van der Waals surface area contributed by atoms with Gasteiger partial charge in [0.15, 0.2) is 0 Å². The van der Waals surface area contributed by atoms with Gasteiger partial charge >= 0.3 is 6.03 Å². The number of nitrogens with two attached hydrogens (primary N) is 1. The Morgan fingerprint density at radius 2 is 2.35 bits per heavy atom. The lowest BCUT2D eigenvalue weighted by atomic mass is 10.1. The number of benzene rings is 1. The van der Waals surface area contributed by atoms with Crippen molar-refractivity contribution in [1.29, 1.82) is 0 Å². The molecule has 4 N–H and O–H groups in total. The molecule has 2 amide bonds. The Morgan fingerprint density at radius 3 is 3.00 bits per heavy atom. The molecule has 4 nitrogen and oxygen atoms in total. The van der Waals surface area contributed by atoms with Crippen molar-refractivity contribution in [1.82, 2.24) is 5.32 Å². The molecule has 0 aliphatic rings. The molecule has 1 rings (SSSR count). The maximum atomic E-state index is 10.7. The van der Waals surface area contributed by atoms with Crippen LogP contribution in [0.2, 0.25) is 0 Å². The third-order valence-electron chi connectivity index (χ3n) is 2.21. The van der Waals surface area contributed by atoms with E-state index in [0.717, 1.165) is 11.1 Å². The molecule has 1 unspecified atom stereocenters. The van der Waals surface area contributed by atoms with Gasteiger partial charge in [0.1, 0.15) is 0 Å². The second-order valence-corrected chi connectivity index (χ2v) is 3.63. The minimum absolute atomic E-state index is 0.0618. The Bertz CT molecular complexity index is 446. The zero-order valence-corrected chi connectivity index (χ0v) is 9.73. The summed E-state index contributed by atoms with van der Waals surface area (Å²) in [5, 5.41) is 11.2. The molecule has 0 saturated carbocycles. The van der Waals surface area contributed by atoms with Gasteiger partial charge in [0.2, 0.25) is 0 Å². The molecule has 0 aliphatic carbocycles. The van der Waals surface area contributed by atoms with Crippen LogP contribution in [0.5, 0.6) is 0 Å². The maximum Gasteiger partial charge on any atom is 0.312 e. The van der Waals surface area contributed by atoms with E-state index in [1.54, 1.807) is 0 Å². The molecule has 0 aliphatic heterocycles. The van der Waals surface area contributed by atoms with Crippen molar-refractivity contribution in [2.75, 3.05) is 6.61 Å². The van der Waals surface area contributed by atoms with Crippen LogP contribution < -0.4 is 11.1 Å². The highest BCUT2D eigenvalue weighted by Crippen LogP contribution is 2.13. The van der Waals surface area contributed by atoms with Gasteiger partial charge in [0.25, 0.3) is 0 Å². The zero-order valence-electron chi connectivity index (χ0n) is 9.73. The first-order valence-corrected chi connectivity index (χ1v) is 5.39. The molecule has 1 atom stereocenters. The van der Waals surface area contributed by atoms with Crippen LogP contribution in [0.25, 0.3) is 0 Å². The van der Waals surface area contributed by atoms with Gasteiger partial charge in [0.05, 0.1) is 12.6 Å². The number of aliphatic hydroxyl groups is 1. The van der Waals surface area contributed by atoms with Crippen molar-refractivity contribution in [3.8, 4) is 11.8 Å². The topological polar surface area (TPSA) is 75.3 Å². The number of urea groups is 1. The minimum atomic E-state index is -0.547. The third kappa shape index (κ3) is 4.58. The summed E-state index contributed by atoms with van der Waals surface area (Å²) in [5.41, 5.74) is 6.86. The molecule has 0 radical (unpaired) electrons. The van der Waals surface area contributed by atoms with Crippen LogP contribution in [-0.2, 0) is 0 Å². The second-order valence-electron chi connectivity index (χ2n) is 3.63. The average Bonchev–Trinajstić information content (AvgIpc) is 2.29. The molecule has 17 heavy (non-hydrogen) atoms. The number of hydrogen-bond donors (Lipinski definition) is 3. The molecule has 0 aromatic heterocycles. The van der Waals surface area contributed by atoms with E-state index in [9.17, 15) is 4.79 Å².